The molecule has 144 valence electrons. The molecule has 2 aliphatic heterocycles. The highest BCUT2D eigenvalue weighted by atomic mass is 16.6. The van der Waals surface area contributed by atoms with Crippen molar-refractivity contribution in [2.24, 2.45) is 39.9 Å². The molecule has 2 bridgehead atoms. The van der Waals surface area contributed by atoms with Crippen molar-refractivity contribution in [1.29, 1.82) is 0 Å². The summed E-state index contributed by atoms with van der Waals surface area (Å²) in [6.07, 6.45) is 0.400. The van der Waals surface area contributed by atoms with Crippen LogP contribution in [0.1, 0.15) is 46.5 Å². The number of fused-ring (bicyclic) bond motifs is 1. The Morgan fingerprint density at radius 1 is 1.15 bits per heavy atom. The summed E-state index contributed by atoms with van der Waals surface area (Å²) in [5.74, 6) is -0.792. The molecule has 3 aliphatic carbocycles. The summed E-state index contributed by atoms with van der Waals surface area (Å²) in [5, 5.41) is 21.4. The highest BCUT2D eigenvalue weighted by Crippen LogP contribution is 2.71. The maximum Gasteiger partial charge on any atom is 0.320 e. The van der Waals surface area contributed by atoms with E-state index in [-0.39, 0.29) is 36.1 Å². The molecule has 0 amide bonds. The highest BCUT2D eigenvalue weighted by Gasteiger charge is 2.78. The number of carbonyl (C=O) groups is 2. The van der Waals surface area contributed by atoms with Gasteiger partial charge in [-0.1, -0.05) is 20.8 Å². The number of hydrogen-bond acceptors (Lipinski definition) is 6. The van der Waals surface area contributed by atoms with E-state index in [2.05, 4.69) is 0 Å². The number of rotatable bonds is 0. The minimum atomic E-state index is -1.08. The van der Waals surface area contributed by atoms with Crippen LogP contribution in [0.3, 0.4) is 0 Å². The Hall–Kier alpha value is -0.980. The van der Waals surface area contributed by atoms with Crippen LogP contribution in [0.4, 0.5) is 0 Å². The molecular formula is C20H28O6. The third-order valence-corrected chi connectivity index (χ3v) is 8.89. The molecule has 5 aliphatic rings. The molecule has 26 heavy (non-hydrogen) atoms. The predicted molar refractivity (Wildman–Crippen MR) is 89.6 cm³/mol. The number of aliphatic hydroxyl groups is 2. The van der Waals surface area contributed by atoms with Gasteiger partial charge in [-0.2, -0.15) is 0 Å². The average molecular weight is 364 g/mol. The summed E-state index contributed by atoms with van der Waals surface area (Å²) in [4.78, 5) is 26.4. The lowest BCUT2D eigenvalue weighted by atomic mass is 9.43. The molecule has 6 nitrogen and oxygen atoms in total. The topological polar surface area (TPSA) is 93.1 Å². The first-order valence-electron chi connectivity index (χ1n) is 9.90. The van der Waals surface area contributed by atoms with Gasteiger partial charge in [0.05, 0.1) is 12.7 Å². The lowest BCUT2D eigenvalue weighted by molar-refractivity contribution is -0.253. The van der Waals surface area contributed by atoms with Crippen LogP contribution < -0.4 is 0 Å². The summed E-state index contributed by atoms with van der Waals surface area (Å²) in [6, 6.07) is 0. The van der Waals surface area contributed by atoms with Crippen LogP contribution in [0, 0.1) is 39.9 Å². The van der Waals surface area contributed by atoms with E-state index in [0.29, 0.717) is 12.8 Å². The third-order valence-electron chi connectivity index (χ3n) is 8.89. The van der Waals surface area contributed by atoms with Crippen molar-refractivity contribution in [3.05, 3.63) is 0 Å². The molecular weight excluding hydrogens is 336 g/mol. The first-order valence-corrected chi connectivity index (χ1v) is 9.90. The molecule has 0 aromatic heterocycles. The fourth-order valence-electron chi connectivity index (χ4n) is 7.56. The van der Waals surface area contributed by atoms with Crippen molar-refractivity contribution in [3.8, 4) is 0 Å². The van der Waals surface area contributed by atoms with Crippen LogP contribution in [0.2, 0.25) is 0 Å². The van der Waals surface area contributed by atoms with Crippen molar-refractivity contribution >= 4 is 11.8 Å². The molecule has 5 rings (SSSR count). The molecule has 2 spiro atoms. The Balaban J connectivity index is 1.71. The SMILES string of the molecule is C[C@@H]1C(=O)[C@]23C[C@H]1CC[C@H]2[C@@]12CO[C@H](O)[C@H]1C(C)(C)[C@@H](O)C[C@H]2OC3=O. The quantitative estimate of drug-likeness (QED) is 0.497. The number of hydrogen-bond donors (Lipinski definition) is 2. The number of esters is 1. The maximum atomic E-state index is 13.3. The number of Topliss-reactive ketones (excluding diaryl/α,β-unsaturated/α-hetero) is 1. The summed E-state index contributed by atoms with van der Waals surface area (Å²) in [5.41, 5.74) is -2.26. The van der Waals surface area contributed by atoms with Gasteiger partial charge in [0.2, 0.25) is 0 Å². The third kappa shape index (κ3) is 1.62. The number of ketones is 1. The first-order chi connectivity index (χ1) is 12.2. The number of ether oxygens (including phenoxy) is 2. The second-order valence-corrected chi connectivity index (χ2v) is 9.98. The fraction of sp³-hybridized carbons (Fsp3) is 0.900. The van der Waals surface area contributed by atoms with Crippen molar-refractivity contribution < 1.29 is 29.3 Å². The Morgan fingerprint density at radius 3 is 2.62 bits per heavy atom. The van der Waals surface area contributed by atoms with Gasteiger partial charge in [0.25, 0.3) is 0 Å². The van der Waals surface area contributed by atoms with Gasteiger partial charge in [-0.05, 0) is 36.5 Å². The van der Waals surface area contributed by atoms with Gasteiger partial charge in [-0.15, -0.1) is 0 Å². The zero-order valence-corrected chi connectivity index (χ0v) is 15.6. The van der Waals surface area contributed by atoms with Crippen LogP contribution in [-0.4, -0.2) is 47.1 Å². The van der Waals surface area contributed by atoms with Crippen LogP contribution in [-0.2, 0) is 19.1 Å². The second-order valence-electron chi connectivity index (χ2n) is 9.98. The Bertz CT molecular complexity index is 688. The molecule has 2 heterocycles. The fourth-order valence-corrected chi connectivity index (χ4v) is 7.56. The Kier molecular flexibility index (Phi) is 3.22. The largest absolute Gasteiger partial charge is 0.461 e. The lowest BCUT2D eigenvalue weighted by Gasteiger charge is -2.62. The molecule has 0 unspecified atom stereocenters. The van der Waals surface area contributed by atoms with Crippen LogP contribution in [0.5, 0.6) is 0 Å². The Labute approximate surface area is 153 Å². The number of aliphatic hydroxyl groups excluding tert-OH is 2. The van der Waals surface area contributed by atoms with E-state index in [9.17, 15) is 19.8 Å². The predicted octanol–water partition coefficient (Wildman–Crippen LogP) is 1.28. The van der Waals surface area contributed by atoms with Crippen LogP contribution in [0.25, 0.3) is 0 Å². The van der Waals surface area contributed by atoms with E-state index in [4.69, 9.17) is 9.47 Å². The maximum absolute atomic E-state index is 13.3. The molecule has 0 aromatic rings. The molecule has 0 radical (unpaired) electrons. The summed E-state index contributed by atoms with van der Waals surface area (Å²) >= 11 is 0. The van der Waals surface area contributed by atoms with E-state index in [0.717, 1.165) is 12.8 Å². The van der Waals surface area contributed by atoms with E-state index in [1.165, 1.54) is 0 Å². The van der Waals surface area contributed by atoms with E-state index >= 15 is 0 Å². The van der Waals surface area contributed by atoms with Gasteiger partial charge in [0.15, 0.2) is 12.1 Å². The Morgan fingerprint density at radius 2 is 1.88 bits per heavy atom. The van der Waals surface area contributed by atoms with Crippen molar-refractivity contribution in [3.63, 3.8) is 0 Å². The van der Waals surface area contributed by atoms with Gasteiger partial charge < -0.3 is 19.7 Å². The summed E-state index contributed by atoms with van der Waals surface area (Å²) < 4.78 is 11.6. The van der Waals surface area contributed by atoms with Crippen LogP contribution >= 0.6 is 0 Å². The monoisotopic (exact) mass is 364 g/mol. The normalized spacial score (nSPS) is 57.2. The summed E-state index contributed by atoms with van der Waals surface area (Å²) in [6.45, 7) is 6.12. The number of carbonyl (C=O) groups excluding carboxylic acids is 2. The summed E-state index contributed by atoms with van der Waals surface area (Å²) in [7, 11) is 0. The van der Waals surface area contributed by atoms with E-state index < -0.39 is 40.7 Å². The molecule has 9 atom stereocenters. The molecule has 2 N–H and O–H groups in total. The molecule has 2 saturated heterocycles. The van der Waals surface area contributed by atoms with E-state index in [1.54, 1.807) is 0 Å². The second kappa shape index (κ2) is 4.89. The van der Waals surface area contributed by atoms with Gasteiger partial charge >= 0.3 is 5.97 Å². The smallest absolute Gasteiger partial charge is 0.320 e. The van der Waals surface area contributed by atoms with Crippen LogP contribution in [0.15, 0.2) is 0 Å². The molecule has 6 heteroatoms. The van der Waals surface area contributed by atoms with Gasteiger partial charge in [-0.25, -0.2) is 0 Å². The highest BCUT2D eigenvalue weighted by molar-refractivity contribution is 6.07. The minimum absolute atomic E-state index is 0.0203. The van der Waals surface area contributed by atoms with Crippen molar-refractivity contribution in [2.75, 3.05) is 6.61 Å². The first kappa shape index (κ1) is 17.1. The van der Waals surface area contributed by atoms with Gasteiger partial charge in [-0.3, -0.25) is 9.59 Å². The molecule has 3 saturated carbocycles. The van der Waals surface area contributed by atoms with Gasteiger partial charge in [0, 0.05) is 23.7 Å². The van der Waals surface area contributed by atoms with Crippen molar-refractivity contribution in [2.45, 2.75) is 65.0 Å². The zero-order valence-electron chi connectivity index (χ0n) is 15.6. The molecule has 0 aromatic carbocycles. The lowest BCUT2D eigenvalue weighted by Crippen LogP contribution is -2.70. The molecule has 5 fully saturated rings. The zero-order chi connectivity index (χ0) is 18.6. The average Bonchev–Trinajstić information content (AvgIpc) is 3.03. The van der Waals surface area contributed by atoms with Crippen molar-refractivity contribution in [1.82, 2.24) is 0 Å². The van der Waals surface area contributed by atoms with E-state index in [1.807, 2.05) is 20.8 Å². The standard InChI is InChI=1S/C20H28O6/c1-9-10-4-5-11-19(7-10,15(9)22)17(24)26-13-6-12(21)18(2,3)14-16(23)25-8-20(11,13)14/h9-14,16,21,23H,4-8H2,1-3H3/t9-,10+,11+,12-,13+,14-,16-,19-,20+/m0/s1. The van der Waals surface area contributed by atoms with Gasteiger partial charge in [0.1, 0.15) is 11.5 Å². The minimum Gasteiger partial charge on any atom is -0.461 e.